The average Bonchev–Trinajstić information content (AvgIpc) is 2.50. The second kappa shape index (κ2) is 7.60. The number of rotatable bonds is 7. The summed E-state index contributed by atoms with van der Waals surface area (Å²) in [5.41, 5.74) is 2.07. The molecule has 1 heterocycles. The molecule has 1 unspecified atom stereocenters. The van der Waals surface area contributed by atoms with Crippen LogP contribution in [-0.2, 0) is 0 Å². The molecule has 0 aliphatic heterocycles. The van der Waals surface area contributed by atoms with Crippen LogP contribution in [0.15, 0.2) is 42.9 Å². The van der Waals surface area contributed by atoms with Crippen molar-refractivity contribution in [2.24, 2.45) is 0 Å². The van der Waals surface area contributed by atoms with Gasteiger partial charge in [0.25, 0.3) is 0 Å². The SMILES string of the molecule is CCCNC(c1ccncn1)c1ccccc1OCC. The summed E-state index contributed by atoms with van der Waals surface area (Å²) < 4.78 is 5.74. The molecule has 2 aromatic rings. The molecule has 2 rings (SSSR count). The van der Waals surface area contributed by atoms with E-state index in [2.05, 4.69) is 28.3 Å². The number of nitrogens with one attached hydrogen (secondary N) is 1. The summed E-state index contributed by atoms with van der Waals surface area (Å²) in [6, 6.07) is 10.1. The molecule has 4 nitrogen and oxygen atoms in total. The molecule has 0 radical (unpaired) electrons. The highest BCUT2D eigenvalue weighted by Crippen LogP contribution is 2.28. The molecule has 0 bridgehead atoms. The van der Waals surface area contributed by atoms with Crippen LogP contribution in [0.5, 0.6) is 5.75 Å². The zero-order valence-electron chi connectivity index (χ0n) is 12.0. The minimum absolute atomic E-state index is 0.0284. The number of hydrogen-bond donors (Lipinski definition) is 1. The topological polar surface area (TPSA) is 47.0 Å². The van der Waals surface area contributed by atoms with Crippen molar-refractivity contribution in [2.75, 3.05) is 13.2 Å². The van der Waals surface area contributed by atoms with Crippen LogP contribution < -0.4 is 10.1 Å². The lowest BCUT2D eigenvalue weighted by atomic mass is 10.0. The van der Waals surface area contributed by atoms with E-state index in [4.69, 9.17) is 4.74 Å². The fraction of sp³-hybridized carbons (Fsp3) is 0.375. The van der Waals surface area contributed by atoms with E-state index in [1.165, 1.54) is 0 Å². The van der Waals surface area contributed by atoms with Crippen molar-refractivity contribution in [3.63, 3.8) is 0 Å². The maximum Gasteiger partial charge on any atom is 0.124 e. The van der Waals surface area contributed by atoms with Gasteiger partial charge in [-0.3, -0.25) is 0 Å². The summed E-state index contributed by atoms with van der Waals surface area (Å²) >= 11 is 0. The molecule has 4 heteroatoms. The van der Waals surface area contributed by atoms with Gasteiger partial charge in [0.1, 0.15) is 12.1 Å². The van der Waals surface area contributed by atoms with E-state index < -0.39 is 0 Å². The first-order chi connectivity index (χ1) is 9.86. The molecule has 1 N–H and O–H groups in total. The van der Waals surface area contributed by atoms with Crippen LogP contribution in [0.1, 0.15) is 37.6 Å². The van der Waals surface area contributed by atoms with E-state index in [0.29, 0.717) is 6.61 Å². The number of aromatic nitrogens is 2. The fourth-order valence-electron chi connectivity index (χ4n) is 2.14. The van der Waals surface area contributed by atoms with Crippen LogP contribution in [0, 0.1) is 0 Å². The second-order valence-corrected chi connectivity index (χ2v) is 4.49. The molecule has 1 aromatic heterocycles. The highest BCUT2D eigenvalue weighted by atomic mass is 16.5. The zero-order valence-corrected chi connectivity index (χ0v) is 12.0. The Balaban J connectivity index is 2.36. The molecule has 0 spiro atoms. The Morgan fingerprint density at radius 3 is 2.75 bits per heavy atom. The molecule has 20 heavy (non-hydrogen) atoms. The number of ether oxygens (including phenoxy) is 1. The monoisotopic (exact) mass is 271 g/mol. The zero-order chi connectivity index (χ0) is 14.2. The average molecular weight is 271 g/mol. The lowest BCUT2D eigenvalue weighted by Gasteiger charge is -2.21. The molecular formula is C16H21N3O. The molecule has 0 saturated heterocycles. The van der Waals surface area contributed by atoms with Crippen LogP contribution in [0.2, 0.25) is 0 Å². The second-order valence-electron chi connectivity index (χ2n) is 4.49. The first-order valence-corrected chi connectivity index (χ1v) is 7.07. The summed E-state index contributed by atoms with van der Waals surface area (Å²) in [4.78, 5) is 8.37. The molecule has 0 amide bonds. The third kappa shape index (κ3) is 3.54. The smallest absolute Gasteiger partial charge is 0.124 e. The van der Waals surface area contributed by atoms with E-state index >= 15 is 0 Å². The Kier molecular flexibility index (Phi) is 5.50. The van der Waals surface area contributed by atoms with Gasteiger partial charge in [-0.1, -0.05) is 25.1 Å². The predicted octanol–water partition coefficient (Wildman–Crippen LogP) is 2.96. The lowest BCUT2D eigenvalue weighted by Crippen LogP contribution is -2.24. The van der Waals surface area contributed by atoms with Crippen molar-refractivity contribution in [2.45, 2.75) is 26.3 Å². The highest BCUT2D eigenvalue weighted by Gasteiger charge is 2.18. The van der Waals surface area contributed by atoms with Gasteiger partial charge >= 0.3 is 0 Å². The van der Waals surface area contributed by atoms with E-state index in [1.807, 2.05) is 31.2 Å². The van der Waals surface area contributed by atoms with Crippen molar-refractivity contribution >= 4 is 0 Å². The standard InChI is InChI=1S/C16H21N3O/c1-3-10-18-16(14-9-11-17-12-19-14)13-7-5-6-8-15(13)20-4-2/h5-9,11-12,16,18H,3-4,10H2,1-2H3. The van der Waals surface area contributed by atoms with E-state index in [9.17, 15) is 0 Å². The van der Waals surface area contributed by atoms with Crippen LogP contribution in [0.4, 0.5) is 0 Å². The van der Waals surface area contributed by atoms with E-state index in [-0.39, 0.29) is 6.04 Å². The third-order valence-electron chi connectivity index (χ3n) is 3.03. The Bertz CT molecular complexity index is 516. The molecular weight excluding hydrogens is 250 g/mol. The maximum absolute atomic E-state index is 5.74. The van der Waals surface area contributed by atoms with Gasteiger partial charge in [-0.2, -0.15) is 0 Å². The molecule has 0 aliphatic carbocycles. The van der Waals surface area contributed by atoms with Gasteiger partial charge in [0, 0.05) is 11.8 Å². The van der Waals surface area contributed by atoms with Crippen LogP contribution in [0.3, 0.4) is 0 Å². The summed E-state index contributed by atoms with van der Waals surface area (Å²) in [6.07, 6.45) is 4.42. The first-order valence-electron chi connectivity index (χ1n) is 7.07. The maximum atomic E-state index is 5.74. The number of nitrogens with zero attached hydrogens (tertiary/aromatic N) is 2. The largest absolute Gasteiger partial charge is 0.494 e. The van der Waals surface area contributed by atoms with Crippen LogP contribution in [0.25, 0.3) is 0 Å². The molecule has 1 aromatic carbocycles. The van der Waals surface area contributed by atoms with Crippen molar-refractivity contribution in [1.29, 1.82) is 0 Å². The Morgan fingerprint density at radius 2 is 2.05 bits per heavy atom. The predicted molar refractivity (Wildman–Crippen MR) is 79.8 cm³/mol. The molecule has 1 atom stereocenters. The lowest BCUT2D eigenvalue weighted by molar-refractivity contribution is 0.333. The van der Waals surface area contributed by atoms with Gasteiger partial charge in [0.2, 0.25) is 0 Å². The summed E-state index contributed by atoms with van der Waals surface area (Å²) in [7, 11) is 0. The number of benzene rings is 1. The van der Waals surface area contributed by atoms with Crippen LogP contribution in [-0.4, -0.2) is 23.1 Å². The summed E-state index contributed by atoms with van der Waals surface area (Å²) in [6.45, 7) is 5.73. The van der Waals surface area contributed by atoms with E-state index in [1.54, 1.807) is 12.5 Å². The number of hydrogen-bond acceptors (Lipinski definition) is 4. The quantitative estimate of drug-likeness (QED) is 0.841. The summed E-state index contributed by atoms with van der Waals surface area (Å²) in [5, 5.41) is 3.53. The molecule has 0 aliphatic rings. The van der Waals surface area contributed by atoms with Gasteiger partial charge in [0.15, 0.2) is 0 Å². The van der Waals surface area contributed by atoms with Crippen molar-refractivity contribution in [3.05, 3.63) is 54.1 Å². The van der Waals surface area contributed by atoms with Gasteiger partial charge in [-0.15, -0.1) is 0 Å². The molecule has 106 valence electrons. The summed E-state index contributed by atoms with van der Waals surface area (Å²) in [5.74, 6) is 0.905. The van der Waals surface area contributed by atoms with Gasteiger partial charge in [0.05, 0.1) is 18.3 Å². The van der Waals surface area contributed by atoms with Crippen molar-refractivity contribution in [3.8, 4) is 5.75 Å². The van der Waals surface area contributed by atoms with Gasteiger partial charge in [-0.05, 0) is 32.0 Å². The molecule has 0 fully saturated rings. The Morgan fingerprint density at radius 1 is 1.20 bits per heavy atom. The van der Waals surface area contributed by atoms with Gasteiger partial charge in [-0.25, -0.2) is 9.97 Å². The Hall–Kier alpha value is -1.94. The fourth-order valence-corrected chi connectivity index (χ4v) is 2.14. The van der Waals surface area contributed by atoms with Crippen molar-refractivity contribution < 1.29 is 4.74 Å². The minimum Gasteiger partial charge on any atom is -0.494 e. The van der Waals surface area contributed by atoms with Crippen molar-refractivity contribution in [1.82, 2.24) is 15.3 Å². The van der Waals surface area contributed by atoms with Crippen LogP contribution >= 0.6 is 0 Å². The Labute approximate surface area is 120 Å². The van der Waals surface area contributed by atoms with E-state index in [0.717, 1.165) is 30.0 Å². The minimum atomic E-state index is 0.0284. The first kappa shape index (κ1) is 14.5. The highest BCUT2D eigenvalue weighted by molar-refractivity contribution is 5.39. The third-order valence-corrected chi connectivity index (χ3v) is 3.03. The normalized spacial score (nSPS) is 12.1. The number of para-hydroxylation sites is 1. The van der Waals surface area contributed by atoms with Gasteiger partial charge < -0.3 is 10.1 Å². The molecule has 0 saturated carbocycles.